The molecule has 108 valence electrons. The van der Waals surface area contributed by atoms with Crippen molar-refractivity contribution in [3.63, 3.8) is 0 Å². The highest BCUT2D eigenvalue weighted by atomic mass is 32.2. The minimum Gasteiger partial charge on any atom is -0.481 e. The van der Waals surface area contributed by atoms with Gasteiger partial charge >= 0.3 is 5.97 Å². The molecular formula is C14H17NO2S3. The zero-order chi connectivity index (χ0) is 14.5. The van der Waals surface area contributed by atoms with Crippen LogP contribution in [0.3, 0.4) is 0 Å². The molecule has 1 atom stereocenters. The Labute approximate surface area is 131 Å². The van der Waals surface area contributed by atoms with E-state index in [-0.39, 0.29) is 6.42 Å². The molecule has 0 aliphatic carbocycles. The van der Waals surface area contributed by atoms with Crippen LogP contribution in [0, 0.1) is 0 Å². The summed E-state index contributed by atoms with van der Waals surface area (Å²) in [5, 5.41) is 12.6. The van der Waals surface area contributed by atoms with Gasteiger partial charge in [-0.25, -0.2) is 4.98 Å². The molecule has 0 aliphatic rings. The lowest BCUT2D eigenvalue weighted by molar-refractivity contribution is -0.136. The molecule has 6 heteroatoms. The van der Waals surface area contributed by atoms with E-state index in [2.05, 4.69) is 24.2 Å². The van der Waals surface area contributed by atoms with Gasteiger partial charge in [0.2, 0.25) is 0 Å². The minimum atomic E-state index is -0.790. The number of aromatic nitrogens is 1. The summed E-state index contributed by atoms with van der Waals surface area (Å²) < 4.78 is 0. The fraction of sp³-hybridized carbons (Fsp3) is 0.429. The highest BCUT2D eigenvalue weighted by Crippen LogP contribution is 2.31. The molecular weight excluding hydrogens is 310 g/mol. The van der Waals surface area contributed by atoms with Gasteiger partial charge in [-0.2, -0.15) is 11.8 Å². The van der Waals surface area contributed by atoms with Crippen molar-refractivity contribution in [1.29, 1.82) is 0 Å². The maximum absolute atomic E-state index is 10.7. The predicted octanol–water partition coefficient (Wildman–Crippen LogP) is 4.53. The second-order valence-electron chi connectivity index (χ2n) is 4.49. The first-order chi connectivity index (χ1) is 9.58. The molecule has 2 heterocycles. The standard InChI is InChI=1S/C14H17NO2S3/c1-3-9(2)18-8-13-15-11(7-19-13)12-5-4-10(20-12)6-14(16)17/h4-5,7,9H,3,6,8H2,1-2H3,(H,16,17). The topological polar surface area (TPSA) is 50.2 Å². The molecule has 2 rings (SSSR count). The summed E-state index contributed by atoms with van der Waals surface area (Å²) in [5.41, 5.74) is 0.969. The fourth-order valence-corrected chi connectivity index (χ4v) is 4.40. The van der Waals surface area contributed by atoms with Gasteiger partial charge in [0.15, 0.2) is 0 Å². The lowest BCUT2D eigenvalue weighted by Crippen LogP contribution is -1.96. The molecule has 20 heavy (non-hydrogen) atoms. The molecule has 0 amide bonds. The van der Waals surface area contributed by atoms with Crippen molar-refractivity contribution in [2.45, 2.75) is 37.7 Å². The fourth-order valence-electron chi connectivity index (χ4n) is 1.58. The van der Waals surface area contributed by atoms with Gasteiger partial charge in [0, 0.05) is 21.3 Å². The van der Waals surface area contributed by atoms with Crippen LogP contribution < -0.4 is 0 Å². The number of thiazole rings is 1. The Kier molecular flexibility index (Phi) is 5.63. The highest BCUT2D eigenvalue weighted by molar-refractivity contribution is 7.99. The number of carboxylic acids is 1. The lowest BCUT2D eigenvalue weighted by Gasteiger charge is -2.05. The van der Waals surface area contributed by atoms with Gasteiger partial charge in [0.25, 0.3) is 0 Å². The largest absolute Gasteiger partial charge is 0.481 e. The molecule has 1 N–H and O–H groups in total. The van der Waals surface area contributed by atoms with Crippen molar-refractivity contribution in [3.05, 3.63) is 27.4 Å². The van der Waals surface area contributed by atoms with Crippen molar-refractivity contribution >= 4 is 40.4 Å². The summed E-state index contributed by atoms with van der Waals surface area (Å²) in [6.07, 6.45) is 1.26. The van der Waals surface area contributed by atoms with Crippen LogP contribution in [0.2, 0.25) is 0 Å². The van der Waals surface area contributed by atoms with Gasteiger partial charge in [-0.1, -0.05) is 13.8 Å². The lowest BCUT2D eigenvalue weighted by atomic mass is 10.3. The molecule has 0 aromatic carbocycles. The van der Waals surface area contributed by atoms with Gasteiger partial charge in [-0.3, -0.25) is 4.79 Å². The predicted molar refractivity (Wildman–Crippen MR) is 87.8 cm³/mol. The first kappa shape index (κ1) is 15.5. The van der Waals surface area contributed by atoms with E-state index in [9.17, 15) is 4.79 Å². The van der Waals surface area contributed by atoms with E-state index in [1.807, 2.05) is 23.9 Å². The third-order valence-corrected chi connectivity index (χ3v) is 6.34. The highest BCUT2D eigenvalue weighted by Gasteiger charge is 2.10. The third-order valence-electron chi connectivity index (χ3n) is 2.86. The quantitative estimate of drug-likeness (QED) is 0.811. The number of thioether (sulfide) groups is 1. The average molecular weight is 327 g/mol. The average Bonchev–Trinajstić information content (AvgIpc) is 3.03. The van der Waals surface area contributed by atoms with Gasteiger partial charge < -0.3 is 5.11 Å². The van der Waals surface area contributed by atoms with E-state index in [0.717, 1.165) is 26.2 Å². The van der Waals surface area contributed by atoms with Crippen molar-refractivity contribution in [2.24, 2.45) is 0 Å². The molecule has 2 aromatic heterocycles. The Morgan fingerprint density at radius 3 is 3.00 bits per heavy atom. The molecule has 0 saturated heterocycles. The molecule has 1 unspecified atom stereocenters. The van der Waals surface area contributed by atoms with Crippen molar-refractivity contribution in [1.82, 2.24) is 4.98 Å². The Morgan fingerprint density at radius 1 is 1.50 bits per heavy atom. The first-order valence-corrected chi connectivity index (χ1v) is 9.20. The Bertz CT molecular complexity index is 576. The number of carboxylic acid groups (broad SMARTS) is 1. The molecule has 0 saturated carbocycles. The van der Waals surface area contributed by atoms with E-state index >= 15 is 0 Å². The van der Waals surface area contributed by atoms with E-state index in [1.165, 1.54) is 17.8 Å². The van der Waals surface area contributed by atoms with Crippen LogP contribution in [0.4, 0.5) is 0 Å². The molecule has 0 spiro atoms. The second-order valence-corrected chi connectivity index (χ2v) is 8.03. The molecule has 3 nitrogen and oxygen atoms in total. The van der Waals surface area contributed by atoms with Crippen molar-refractivity contribution in [2.75, 3.05) is 0 Å². The number of rotatable bonds is 7. The van der Waals surface area contributed by atoms with Crippen molar-refractivity contribution < 1.29 is 9.90 Å². The minimum absolute atomic E-state index is 0.0888. The molecule has 0 radical (unpaired) electrons. The molecule has 2 aromatic rings. The van der Waals surface area contributed by atoms with Crippen LogP contribution in [0.25, 0.3) is 10.6 Å². The summed E-state index contributed by atoms with van der Waals surface area (Å²) in [4.78, 5) is 17.3. The smallest absolute Gasteiger partial charge is 0.308 e. The number of nitrogens with zero attached hydrogens (tertiary/aromatic N) is 1. The third kappa shape index (κ3) is 4.33. The molecule has 0 bridgehead atoms. The summed E-state index contributed by atoms with van der Waals surface area (Å²) in [5.74, 6) is 0.162. The van der Waals surface area contributed by atoms with E-state index < -0.39 is 5.97 Å². The summed E-state index contributed by atoms with van der Waals surface area (Å²) in [6.45, 7) is 4.43. The van der Waals surface area contributed by atoms with Gasteiger partial charge in [-0.05, 0) is 18.6 Å². The van der Waals surface area contributed by atoms with Crippen LogP contribution in [0.5, 0.6) is 0 Å². The number of aliphatic carboxylic acids is 1. The van der Waals surface area contributed by atoms with Gasteiger partial charge in [-0.15, -0.1) is 22.7 Å². The molecule has 0 aliphatic heterocycles. The number of hydrogen-bond donors (Lipinski definition) is 1. The van der Waals surface area contributed by atoms with E-state index in [0.29, 0.717) is 5.25 Å². The Balaban J connectivity index is 2.01. The van der Waals surface area contributed by atoms with Crippen LogP contribution >= 0.6 is 34.4 Å². The van der Waals surface area contributed by atoms with Crippen LogP contribution in [-0.4, -0.2) is 21.3 Å². The van der Waals surface area contributed by atoms with E-state index in [4.69, 9.17) is 5.11 Å². The maximum Gasteiger partial charge on any atom is 0.308 e. The van der Waals surface area contributed by atoms with Crippen LogP contribution in [-0.2, 0) is 17.0 Å². The second kappa shape index (κ2) is 7.24. The maximum atomic E-state index is 10.7. The van der Waals surface area contributed by atoms with Gasteiger partial charge in [0.05, 0.1) is 17.0 Å². The summed E-state index contributed by atoms with van der Waals surface area (Å²) in [7, 11) is 0. The van der Waals surface area contributed by atoms with Crippen LogP contribution in [0.15, 0.2) is 17.5 Å². The number of carbonyl (C=O) groups is 1. The summed E-state index contributed by atoms with van der Waals surface area (Å²) in [6, 6.07) is 3.84. The van der Waals surface area contributed by atoms with Gasteiger partial charge in [0.1, 0.15) is 5.01 Å². The number of hydrogen-bond acceptors (Lipinski definition) is 5. The van der Waals surface area contributed by atoms with Crippen molar-refractivity contribution in [3.8, 4) is 10.6 Å². The SMILES string of the molecule is CCC(C)SCc1nc(-c2ccc(CC(=O)O)s2)cs1. The number of thiophene rings is 1. The monoisotopic (exact) mass is 327 g/mol. The van der Waals surface area contributed by atoms with E-state index in [1.54, 1.807) is 11.3 Å². The zero-order valence-electron chi connectivity index (χ0n) is 11.5. The normalized spacial score (nSPS) is 12.5. The Morgan fingerprint density at radius 2 is 2.30 bits per heavy atom. The Hall–Kier alpha value is -0.850. The van der Waals surface area contributed by atoms with Crippen LogP contribution in [0.1, 0.15) is 30.2 Å². The zero-order valence-corrected chi connectivity index (χ0v) is 13.9. The summed E-state index contributed by atoms with van der Waals surface area (Å²) >= 11 is 5.12. The first-order valence-electron chi connectivity index (χ1n) is 6.45. The molecule has 0 fully saturated rings.